The first-order chi connectivity index (χ1) is 10.3. The first kappa shape index (κ1) is 12.1. The predicted octanol–water partition coefficient (Wildman–Crippen LogP) is 1.89. The number of hydrogen-bond donors (Lipinski definition) is 2. The molecule has 0 aliphatic carbocycles. The van der Waals surface area contributed by atoms with Crippen LogP contribution < -0.4 is 15.9 Å². The summed E-state index contributed by atoms with van der Waals surface area (Å²) < 4.78 is 0. The molecule has 2 heterocycles. The molecule has 0 fully saturated rings. The Balaban J connectivity index is 1.74. The number of aliphatic imine (C=N–C) groups is 1. The van der Waals surface area contributed by atoms with E-state index in [1.165, 1.54) is 11.1 Å². The van der Waals surface area contributed by atoms with Gasteiger partial charge in [-0.2, -0.15) is 0 Å². The fourth-order valence-corrected chi connectivity index (χ4v) is 2.83. The molecule has 0 spiro atoms. The van der Waals surface area contributed by atoms with E-state index >= 15 is 0 Å². The summed E-state index contributed by atoms with van der Waals surface area (Å²) in [5.74, 6) is 0.216. The second kappa shape index (κ2) is 4.74. The Hall–Kier alpha value is -2.62. The molecule has 0 amide bonds. The number of aromatic hydroxyl groups is 1. The van der Waals surface area contributed by atoms with Crippen LogP contribution in [0.25, 0.3) is 5.57 Å². The smallest absolute Gasteiger partial charge is 0.165 e. The minimum atomic E-state index is 0.216. The summed E-state index contributed by atoms with van der Waals surface area (Å²) in [5.41, 5.74) is 3.69. The summed E-state index contributed by atoms with van der Waals surface area (Å²) in [7, 11) is 0. The van der Waals surface area contributed by atoms with E-state index in [1.54, 1.807) is 0 Å². The van der Waals surface area contributed by atoms with Crippen LogP contribution in [0.4, 0.5) is 11.4 Å². The lowest BCUT2D eigenvalue weighted by molar-refractivity contribution is 0.478. The molecule has 0 unspecified atom stereocenters. The number of hydrogen-bond acceptors (Lipinski definition) is 4. The number of benzene rings is 2. The maximum atomic E-state index is 10.4. The van der Waals surface area contributed by atoms with E-state index in [0.717, 1.165) is 23.5 Å². The summed E-state index contributed by atoms with van der Waals surface area (Å²) in [4.78, 5) is 8.90. The minimum absolute atomic E-state index is 0.216. The molecule has 4 nitrogen and oxygen atoms in total. The average molecular weight is 277 g/mol. The van der Waals surface area contributed by atoms with Crippen molar-refractivity contribution in [2.24, 2.45) is 9.98 Å². The van der Waals surface area contributed by atoms with Crippen molar-refractivity contribution in [2.75, 3.05) is 11.9 Å². The van der Waals surface area contributed by atoms with Crippen molar-refractivity contribution in [3.63, 3.8) is 0 Å². The molecular weight excluding hydrogens is 262 g/mol. The van der Waals surface area contributed by atoms with Crippen LogP contribution in [0.1, 0.15) is 12.0 Å². The summed E-state index contributed by atoms with van der Waals surface area (Å²) in [6.45, 7) is 1.45. The van der Waals surface area contributed by atoms with Gasteiger partial charge in [-0.3, -0.25) is 9.98 Å². The number of nitrogens with one attached hydrogen (secondary N) is 1. The van der Waals surface area contributed by atoms with E-state index in [0.29, 0.717) is 17.9 Å². The summed E-state index contributed by atoms with van der Waals surface area (Å²) in [6.07, 6.45) is 2.75. The van der Waals surface area contributed by atoms with E-state index in [-0.39, 0.29) is 5.75 Å². The lowest BCUT2D eigenvalue weighted by Gasteiger charge is -2.12. The number of nitrogens with zero attached hydrogens (tertiary/aromatic N) is 2. The lowest BCUT2D eigenvalue weighted by atomic mass is 10.1. The highest BCUT2D eigenvalue weighted by Crippen LogP contribution is 2.33. The van der Waals surface area contributed by atoms with Crippen LogP contribution in [0.3, 0.4) is 0 Å². The second-order valence-electron chi connectivity index (χ2n) is 5.27. The fourth-order valence-electron chi connectivity index (χ4n) is 2.83. The maximum absolute atomic E-state index is 10.4. The van der Waals surface area contributed by atoms with Crippen LogP contribution in [-0.4, -0.2) is 17.9 Å². The van der Waals surface area contributed by atoms with E-state index in [2.05, 4.69) is 27.4 Å². The maximum Gasteiger partial charge on any atom is 0.165 e. The Morgan fingerprint density at radius 3 is 2.90 bits per heavy atom. The van der Waals surface area contributed by atoms with Crippen LogP contribution >= 0.6 is 0 Å². The summed E-state index contributed by atoms with van der Waals surface area (Å²) >= 11 is 0. The van der Waals surface area contributed by atoms with E-state index < -0.39 is 0 Å². The topological polar surface area (TPSA) is 57.0 Å². The van der Waals surface area contributed by atoms with Crippen LogP contribution in [0, 0.1) is 0 Å². The van der Waals surface area contributed by atoms with Crippen molar-refractivity contribution in [2.45, 2.75) is 13.0 Å². The summed E-state index contributed by atoms with van der Waals surface area (Å²) in [5, 5.41) is 15.6. The largest absolute Gasteiger partial charge is 0.504 e. The van der Waals surface area contributed by atoms with Crippen molar-refractivity contribution in [3.8, 4) is 5.75 Å². The van der Waals surface area contributed by atoms with Gasteiger partial charge in [0.1, 0.15) is 5.69 Å². The molecule has 0 saturated heterocycles. The Kier molecular flexibility index (Phi) is 2.74. The van der Waals surface area contributed by atoms with Gasteiger partial charge in [0.2, 0.25) is 0 Å². The van der Waals surface area contributed by atoms with Gasteiger partial charge in [-0.1, -0.05) is 30.3 Å². The number of rotatable bonds is 3. The SMILES string of the molecule is Oc1c(NCc2ccccc2)cc2c3c1N=CC=3CCN=2. The van der Waals surface area contributed by atoms with Crippen molar-refractivity contribution in [1.29, 1.82) is 0 Å². The third-order valence-corrected chi connectivity index (χ3v) is 3.91. The van der Waals surface area contributed by atoms with Gasteiger partial charge in [0, 0.05) is 24.5 Å². The predicted molar refractivity (Wildman–Crippen MR) is 83.7 cm³/mol. The molecule has 2 aromatic rings. The van der Waals surface area contributed by atoms with Crippen molar-refractivity contribution < 1.29 is 5.11 Å². The highest BCUT2D eigenvalue weighted by molar-refractivity contribution is 6.08. The van der Waals surface area contributed by atoms with Gasteiger partial charge in [-0.05, 0) is 23.6 Å². The highest BCUT2D eigenvalue weighted by Gasteiger charge is 2.18. The first-order valence-corrected chi connectivity index (χ1v) is 7.08. The number of phenolic OH excluding ortho intramolecular Hbond substituents is 1. The third kappa shape index (κ3) is 2.00. The standard InChI is InChI=1S/C17H15N3O/c21-17-14(19-9-11-4-2-1-3-5-11)8-13-15-12(6-7-18-13)10-20-16(15)17/h1-5,8,10,19,21H,6-7,9H2. The lowest BCUT2D eigenvalue weighted by Crippen LogP contribution is -2.30. The second-order valence-corrected chi connectivity index (χ2v) is 5.27. The Labute approximate surface area is 122 Å². The van der Waals surface area contributed by atoms with Crippen LogP contribution in [0.5, 0.6) is 5.75 Å². The average Bonchev–Trinajstić information content (AvgIpc) is 2.96. The molecule has 0 radical (unpaired) electrons. The quantitative estimate of drug-likeness (QED) is 0.842. The molecule has 2 aliphatic heterocycles. The zero-order valence-electron chi connectivity index (χ0n) is 11.5. The number of phenols is 1. The van der Waals surface area contributed by atoms with Crippen LogP contribution in [0.15, 0.2) is 46.4 Å². The van der Waals surface area contributed by atoms with Gasteiger partial charge < -0.3 is 10.4 Å². The van der Waals surface area contributed by atoms with Crippen molar-refractivity contribution >= 4 is 23.2 Å². The molecule has 0 saturated carbocycles. The molecular formula is C17H15N3O. The van der Waals surface area contributed by atoms with Gasteiger partial charge in [0.05, 0.1) is 11.0 Å². The van der Waals surface area contributed by atoms with Gasteiger partial charge >= 0.3 is 0 Å². The van der Waals surface area contributed by atoms with Crippen LogP contribution in [-0.2, 0) is 6.54 Å². The highest BCUT2D eigenvalue weighted by atomic mass is 16.3. The molecule has 0 bridgehead atoms. The van der Waals surface area contributed by atoms with Crippen molar-refractivity contribution in [1.82, 2.24) is 0 Å². The van der Waals surface area contributed by atoms with Gasteiger partial charge in [-0.15, -0.1) is 0 Å². The zero-order valence-corrected chi connectivity index (χ0v) is 11.5. The molecule has 4 heteroatoms. The zero-order chi connectivity index (χ0) is 14.2. The van der Waals surface area contributed by atoms with Crippen LogP contribution in [0.2, 0.25) is 0 Å². The summed E-state index contributed by atoms with van der Waals surface area (Å²) in [6, 6.07) is 12.0. The molecule has 2 N–H and O–H groups in total. The Morgan fingerprint density at radius 1 is 1.19 bits per heavy atom. The van der Waals surface area contributed by atoms with E-state index in [1.807, 2.05) is 30.5 Å². The van der Waals surface area contributed by atoms with Gasteiger partial charge in [0.25, 0.3) is 0 Å². The molecule has 21 heavy (non-hydrogen) atoms. The third-order valence-electron chi connectivity index (χ3n) is 3.91. The minimum Gasteiger partial charge on any atom is -0.504 e. The Morgan fingerprint density at radius 2 is 2.05 bits per heavy atom. The normalized spacial score (nSPS) is 14.8. The number of anilines is 1. The van der Waals surface area contributed by atoms with Gasteiger partial charge in [0.15, 0.2) is 5.75 Å². The molecule has 0 aromatic heterocycles. The molecule has 4 rings (SSSR count). The van der Waals surface area contributed by atoms with E-state index in [4.69, 9.17) is 0 Å². The Bertz CT molecular complexity index is 854. The molecule has 2 aromatic carbocycles. The molecule has 0 atom stereocenters. The molecule has 2 aliphatic rings. The molecule has 104 valence electrons. The van der Waals surface area contributed by atoms with Gasteiger partial charge in [-0.25, -0.2) is 0 Å². The fraction of sp³-hybridized carbons (Fsp3) is 0.176. The monoisotopic (exact) mass is 277 g/mol. The van der Waals surface area contributed by atoms with E-state index in [9.17, 15) is 5.11 Å². The van der Waals surface area contributed by atoms with Crippen molar-refractivity contribution in [3.05, 3.63) is 52.5 Å². The first-order valence-electron chi connectivity index (χ1n) is 7.08.